The molecule has 0 saturated carbocycles. The fourth-order valence-corrected chi connectivity index (χ4v) is 3.44. The number of hydrogen-bond acceptors (Lipinski definition) is 3. The molecule has 0 fully saturated rings. The van der Waals surface area contributed by atoms with Gasteiger partial charge in [-0.1, -0.05) is 63.2 Å². The molecule has 152 valence electrons. The van der Waals surface area contributed by atoms with E-state index in [1.165, 1.54) is 5.56 Å². The van der Waals surface area contributed by atoms with Gasteiger partial charge in [-0.3, -0.25) is 4.79 Å². The van der Waals surface area contributed by atoms with Crippen molar-refractivity contribution in [1.29, 1.82) is 0 Å². The third-order valence-electron chi connectivity index (χ3n) is 5.31. The van der Waals surface area contributed by atoms with Gasteiger partial charge in [-0.05, 0) is 55.1 Å². The SMILES string of the molecule is CN(C)[C@H](CNC(=O)C[C@@H](c1ccccc1)C(C)(C)C)Cc1ccc(O)cc1. The molecule has 0 aliphatic carbocycles. The van der Waals surface area contributed by atoms with Gasteiger partial charge in [0.1, 0.15) is 5.75 Å². The van der Waals surface area contributed by atoms with Crippen molar-refractivity contribution in [1.82, 2.24) is 10.2 Å². The number of amides is 1. The molecule has 2 N–H and O–H groups in total. The average molecular weight is 383 g/mol. The smallest absolute Gasteiger partial charge is 0.220 e. The molecule has 0 heterocycles. The van der Waals surface area contributed by atoms with Crippen molar-refractivity contribution in [3.63, 3.8) is 0 Å². The number of carbonyl (C=O) groups excluding carboxylic acids is 1. The first-order valence-electron chi connectivity index (χ1n) is 9.93. The predicted molar refractivity (Wildman–Crippen MR) is 116 cm³/mol. The van der Waals surface area contributed by atoms with Crippen LogP contribution in [-0.4, -0.2) is 42.6 Å². The fourth-order valence-electron chi connectivity index (χ4n) is 3.44. The van der Waals surface area contributed by atoms with Gasteiger partial charge in [0, 0.05) is 19.0 Å². The second-order valence-corrected chi connectivity index (χ2v) is 8.83. The Kier molecular flexibility index (Phi) is 7.64. The van der Waals surface area contributed by atoms with Gasteiger partial charge >= 0.3 is 0 Å². The lowest BCUT2D eigenvalue weighted by atomic mass is 9.74. The lowest BCUT2D eigenvalue weighted by Gasteiger charge is -2.31. The van der Waals surface area contributed by atoms with Crippen LogP contribution in [0.15, 0.2) is 54.6 Å². The van der Waals surface area contributed by atoms with Crippen LogP contribution in [0.1, 0.15) is 44.2 Å². The number of aromatic hydroxyl groups is 1. The number of benzene rings is 2. The van der Waals surface area contributed by atoms with Crippen molar-refractivity contribution < 1.29 is 9.90 Å². The van der Waals surface area contributed by atoms with E-state index in [-0.39, 0.29) is 29.0 Å². The zero-order valence-electron chi connectivity index (χ0n) is 17.8. The van der Waals surface area contributed by atoms with Crippen molar-refractivity contribution in [2.45, 2.75) is 45.6 Å². The van der Waals surface area contributed by atoms with E-state index in [1.54, 1.807) is 12.1 Å². The predicted octanol–water partition coefficient (Wildman–Crippen LogP) is 4.20. The number of hydrogen-bond donors (Lipinski definition) is 2. The van der Waals surface area contributed by atoms with Gasteiger partial charge in [-0.25, -0.2) is 0 Å². The molecule has 4 nitrogen and oxygen atoms in total. The number of nitrogens with one attached hydrogen (secondary N) is 1. The van der Waals surface area contributed by atoms with Crippen LogP contribution in [0.3, 0.4) is 0 Å². The molecule has 2 rings (SSSR count). The van der Waals surface area contributed by atoms with Crippen molar-refractivity contribution in [2.75, 3.05) is 20.6 Å². The topological polar surface area (TPSA) is 52.6 Å². The average Bonchev–Trinajstić information content (AvgIpc) is 2.64. The zero-order chi connectivity index (χ0) is 20.7. The highest BCUT2D eigenvalue weighted by Gasteiger charge is 2.28. The number of phenolic OH excluding ortho intramolecular Hbond substituents is 1. The normalized spacial score (nSPS) is 13.9. The minimum atomic E-state index is 0.00564. The lowest BCUT2D eigenvalue weighted by molar-refractivity contribution is -0.122. The van der Waals surface area contributed by atoms with Crippen molar-refractivity contribution in [3.05, 3.63) is 65.7 Å². The maximum atomic E-state index is 12.7. The Labute approximate surface area is 169 Å². The Balaban J connectivity index is 1.98. The first-order chi connectivity index (χ1) is 13.2. The highest BCUT2D eigenvalue weighted by molar-refractivity contribution is 5.77. The molecule has 0 bridgehead atoms. The van der Waals surface area contributed by atoms with Crippen molar-refractivity contribution in [3.8, 4) is 5.75 Å². The summed E-state index contributed by atoms with van der Waals surface area (Å²) in [5, 5.41) is 12.6. The van der Waals surface area contributed by atoms with Gasteiger partial charge < -0.3 is 15.3 Å². The molecule has 0 aromatic heterocycles. The van der Waals surface area contributed by atoms with E-state index in [9.17, 15) is 9.90 Å². The summed E-state index contributed by atoms with van der Waals surface area (Å²) in [6.45, 7) is 7.15. The van der Waals surface area contributed by atoms with Gasteiger partial charge in [0.15, 0.2) is 0 Å². The van der Waals surface area contributed by atoms with Crippen molar-refractivity contribution in [2.24, 2.45) is 5.41 Å². The monoisotopic (exact) mass is 382 g/mol. The van der Waals surface area contributed by atoms with Crippen LogP contribution in [0.25, 0.3) is 0 Å². The summed E-state index contributed by atoms with van der Waals surface area (Å²) >= 11 is 0. The number of likely N-dealkylation sites (N-methyl/N-ethyl adjacent to an activating group) is 1. The zero-order valence-corrected chi connectivity index (χ0v) is 17.8. The summed E-state index contributed by atoms with van der Waals surface area (Å²) in [6.07, 6.45) is 1.29. The number of nitrogens with zero attached hydrogens (tertiary/aromatic N) is 1. The van der Waals surface area contributed by atoms with E-state index in [0.29, 0.717) is 13.0 Å². The van der Waals surface area contributed by atoms with Crippen LogP contribution in [0.4, 0.5) is 0 Å². The molecule has 0 saturated heterocycles. The highest BCUT2D eigenvalue weighted by Crippen LogP contribution is 2.37. The molecule has 2 aromatic rings. The lowest BCUT2D eigenvalue weighted by Crippen LogP contribution is -2.42. The Morgan fingerprint density at radius 3 is 2.18 bits per heavy atom. The molecule has 0 unspecified atom stereocenters. The van der Waals surface area contributed by atoms with E-state index in [0.717, 1.165) is 12.0 Å². The van der Waals surface area contributed by atoms with E-state index in [4.69, 9.17) is 0 Å². The molecular formula is C24H34N2O2. The second kappa shape index (κ2) is 9.74. The van der Waals surface area contributed by atoms with Crippen molar-refractivity contribution >= 4 is 5.91 Å². The Morgan fingerprint density at radius 1 is 1.04 bits per heavy atom. The summed E-state index contributed by atoms with van der Waals surface area (Å²) in [7, 11) is 4.05. The first-order valence-corrected chi connectivity index (χ1v) is 9.93. The highest BCUT2D eigenvalue weighted by atomic mass is 16.3. The molecule has 0 aliphatic heterocycles. The van der Waals surface area contributed by atoms with Crippen LogP contribution in [0.2, 0.25) is 0 Å². The molecule has 0 aliphatic rings. The summed E-state index contributed by atoms with van der Waals surface area (Å²) < 4.78 is 0. The van der Waals surface area contributed by atoms with E-state index in [1.807, 2.05) is 44.4 Å². The summed E-state index contributed by atoms with van der Waals surface area (Å²) in [5.41, 5.74) is 2.35. The van der Waals surface area contributed by atoms with Gasteiger partial charge in [0.2, 0.25) is 5.91 Å². The molecule has 2 atom stereocenters. The summed E-state index contributed by atoms with van der Waals surface area (Å²) in [5.74, 6) is 0.525. The van der Waals surface area contributed by atoms with E-state index >= 15 is 0 Å². The van der Waals surface area contributed by atoms with Gasteiger partial charge in [-0.2, -0.15) is 0 Å². The molecule has 4 heteroatoms. The molecule has 2 aromatic carbocycles. The molecule has 0 spiro atoms. The van der Waals surface area contributed by atoms with Crippen LogP contribution in [-0.2, 0) is 11.2 Å². The van der Waals surface area contributed by atoms with Crippen LogP contribution >= 0.6 is 0 Å². The molecular weight excluding hydrogens is 348 g/mol. The molecule has 1 amide bonds. The Bertz CT molecular complexity index is 733. The Hall–Kier alpha value is -2.33. The third-order valence-corrected chi connectivity index (χ3v) is 5.31. The van der Waals surface area contributed by atoms with Crippen LogP contribution in [0.5, 0.6) is 5.75 Å². The quantitative estimate of drug-likeness (QED) is 0.719. The van der Waals surface area contributed by atoms with E-state index in [2.05, 4.69) is 43.1 Å². The maximum Gasteiger partial charge on any atom is 0.220 e. The van der Waals surface area contributed by atoms with Crippen LogP contribution < -0.4 is 5.32 Å². The summed E-state index contributed by atoms with van der Waals surface area (Å²) in [6, 6.07) is 17.7. The largest absolute Gasteiger partial charge is 0.508 e. The third kappa shape index (κ3) is 6.68. The number of rotatable bonds is 8. The number of carbonyl (C=O) groups is 1. The summed E-state index contributed by atoms with van der Waals surface area (Å²) in [4.78, 5) is 14.9. The van der Waals surface area contributed by atoms with Crippen LogP contribution in [0, 0.1) is 5.41 Å². The minimum absolute atomic E-state index is 0.00564. The van der Waals surface area contributed by atoms with Gasteiger partial charge in [0.05, 0.1) is 0 Å². The first kappa shape index (κ1) is 22.0. The fraction of sp³-hybridized carbons (Fsp3) is 0.458. The van der Waals surface area contributed by atoms with Gasteiger partial charge in [0.25, 0.3) is 0 Å². The maximum absolute atomic E-state index is 12.7. The van der Waals surface area contributed by atoms with E-state index < -0.39 is 0 Å². The minimum Gasteiger partial charge on any atom is -0.508 e. The standard InChI is InChI=1S/C24H34N2O2/c1-24(2,3)22(19-9-7-6-8-10-19)16-23(28)25-17-20(26(4)5)15-18-11-13-21(27)14-12-18/h6-14,20,22,27H,15-17H2,1-5H3,(H,25,28)/t20-,22-/m0/s1. The molecule has 28 heavy (non-hydrogen) atoms. The second-order valence-electron chi connectivity index (χ2n) is 8.83. The molecule has 0 radical (unpaired) electrons. The van der Waals surface area contributed by atoms with Gasteiger partial charge in [-0.15, -0.1) is 0 Å². The Morgan fingerprint density at radius 2 is 1.64 bits per heavy atom. The number of phenols is 1.